The summed E-state index contributed by atoms with van der Waals surface area (Å²) in [4.78, 5) is 32.0. The standard InChI is InChI=1S/C26H28N4O2S/c1-17-7-9-20(10-8-17)11-12-27-24(31)21-5-4-6-22(16-21)29-26(32)30-13-14-33-25-23(30)18(2)15-19(3)28-25/h4-10,15-16H,11-14H2,1-3H3,(H,27,31)(H,29,32). The van der Waals surface area contributed by atoms with Gasteiger partial charge in [-0.3, -0.25) is 9.69 Å². The molecule has 0 saturated heterocycles. The van der Waals surface area contributed by atoms with Crippen LogP contribution in [0.4, 0.5) is 16.2 Å². The number of anilines is 2. The number of urea groups is 1. The van der Waals surface area contributed by atoms with Gasteiger partial charge in [-0.2, -0.15) is 0 Å². The lowest BCUT2D eigenvalue weighted by Crippen LogP contribution is -2.39. The third kappa shape index (κ3) is 5.54. The van der Waals surface area contributed by atoms with Gasteiger partial charge in [0.05, 0.1) is 5.69 Å². The molecule has 6 nitrogen and oxygen atoms in total. The van der Waals surface area contributed by atoms with Crippen molar-refractivity contribution in [2.75, 3.05) is 29.1 Å². The summed E-state index contributed by atoms with van der Waals surface area (Å²) in [6.07, 6.45) is 0.766. The van der Waals surface area contributed by atoms with Crippen LogP contribution >= 0.6 is 11.8 Å². The molecule has 0 saturated carbocycles. The second-order valence-corrected chi connectivity index (χ2v) is 9.32. The molecule has 3 aromatic rings. The van der Waals surface area contributed by atoms with Gasteiger partial charge in [0.2, 0.25) is 0 Å². The summed E-state index contributed by atoms with van der Waals surface area (Å²) in [5.41, 5.74) is 6.34. The number of hydrogen-bond acceptors (Lipinski definition) is 4. The number of carbonyl (C=O) groups is 2. The first-order valence-electron chi connectivity index (χ1n) is 11.0. The third-order valence-corrected chi connectivity index (χ3v) is 6.49. The van der Waals surface area contributed by atoms with Gasteiger partial charge in [-0.1, -0.05) is 35.9 Å². The van der Waals surface area contributed by atoms with E-state index >= 15 is 0 Å². The van der Waals surface area contributed by atoms with E-state index in [0.717, 1.165) is 34.1 Å². The fraction of sp³-hybridized carbons (Fsp3) is 0.269. The molecule has 0 atom stereocenters. The molecule has 0 bridgehead atoms. The van der Waals surface area contributed by atoms with E-state index in [2.05, 4.69) is 46.8 Å². The van der Waals surface area contributed by atoms with Gasteiger partial charge >= 0.3 is 6.03 Å². The number of rotatable bonds is 5. The van der Waals surface area contributed by atoms with Crippen LogP contribution in [-0.4, -0.2) is 35.8 Å². The normalized spacial score (nSPS) is 12.8. The van der Waals surface area contributed by atoms with Gasteiger partial charge < -0.3 is 10.6 Å². The minimum atomic E-state index is -0.220. The first-order valence-corrected chi connectivity index (χ1v) is 12.0. The highest BCUT2D eigenvalue weighted by Gasteiger charge is 2.26. The number of carbonyl (C=O) groups excluding carboxylic acids is 2. The minimum absolute atomic E-state index is 0.159. The van der Waals surface area contributed by atoms with E-state index in [4.69, 9.17) is 0 Å². The largest absolute Gasteiger partial charge is 0.352 e. The first kappa shape index (κ1) is 22.9. The summed E-state index contributed by atoms with van der Waals surface area (Å²) in [5.74, 6) is 0.633. The van der Waals surface area contributed by atoms with Gasteiger partial charge in [-0.15, -0.1) is 11.8 Å². The molecule has 33 heavy (non-hydrogen) atoms. The van der Waals surface area contributed by atoms with E-state index in [9.17, 15) is 9.59 Å². The second kappa shape index (κ2) is 10.1. The van der Waals surface area contributed by atoms with Crippen LogP contribution in [0.15, 0.2) is 59.6 Å². The van der Waals surface area contributed by atoms with E-state index in [1.807, 2.05) is 19.9 Å². The monoisotopic (exact) mass is 460 g/mol. The molecular weight excluding hydrogens is 432 g/mol. The molecule has 1 aliphatic heterocycles. The zero-order chi connectivity index (χ0) is 23.4. The number of pyridine rings is 1. The first-order chi connectivity index (χ1) is 15.9. The molecule has 170 valence electrons. The van der Waals surface area contributed by atoms with Gasteiger partial charge in [0.1, 0.15) is 5.03 Å². The van der Waals surface area contributed by atoms with Crippen LogP contribution in [0, 0.1) is 20.8 Å². The Morgan fingerprint density at radius 1 is 1.06 bits per heavy atom. The van der Waals surface area contributed by atoms with Crippen molar-refractivity contribution < 1.29 is 9.59 Å². The lowest BCUT2D eigenvalue weighted by atomic mass is 10.1. The molecule has 1 aliphatic rings. The van der Waals surface area contributed by atoms with Crippen molar-refractivity contribution >= 4 is 35.1 Å². The highest BCUT2D eigenvalue weighted by Crippen LogP contribution is 2.36. The van der Waals surface area contributed by atoms with Crippen molar-refractivity contribution in [3.63, 3.8) is 0 Å². The average molecular weight is 461 g/mol. The molecule has 2 aromatic carbocycles. The number of fused-ring (bicyclic) bond motifs is 1. The molecular formula is C26H28N4O2S. The number of nitrogens with one attached hydrogen (secondary N) is 2. The summed E-state index contributed by atoms with van der Waals surface area (Å²) < 4.78 is 0. The summed E-state index contributed by atoms with van der Waals surface area (Å²) in [6, 6.07) is 17.1. The highest BCUT2D eigenvalue weighted by molar-refractivity contribution is 7.99. The zero-order valence-corrected chi connectivity index (χ0v) is 20.0. The van der Waals surface area contributed by atoms with E-state index in [1.165, 1.54) is 11.1 Å². The number of thioether (sulfide) groups is 1. The fourth-order valence-electron chi connectivity index (χ4n) is 3.88. The highest BCUT2D eigenvalue weighted by atomic mass is 32.2. The smallest absolute Gasteiger partial charge is 0.326 e. The van der Waals surface area contributed by atoms with Gasteiger partial charge in [0.25, 0.3) is 5.91 Å². The molecule has 0 radical (unpaired) electrons. The van der Waals surface area contributed by atoms with Crippen molar-refractivity contribution in [3.8, 4) is 0 Å². The van der Waals surface area contributed by atoms with Crippen LogP contribution in [0.1, 0.15) is 32.7 Å². The fourth-order valence-corrected chi connectivity index (χ4v) is 4.96. The summed E-state index contributed by atoms with van der Waals surface area (Å²) >= 11 is 1.67. The summed E-state index contributed by atoms with van der Waals surface area (Å²) in [6.45, 7) is 7.17. The molecule has 2 heterocycles. The number of amides is 3. The maximum absolute atomic E-state index is 13.1. The molecule has 1 aromatic heterocycles. The lowest BCUT2D eigenvalue weighted by Gasteiger charge is -2.30. The Hall–Kier alpha value is -3.32. The van der Waals surface area contributed by atoms with Crippen LogP contribution in [0.5, 0.6) is 0 Å². The maximum atomic E-state index is 13.1. The van der Waals surface area contributed by atoms with Crippen molar-refractivity contribution in [1.29, 1.82) is 0 Å². The predicted molar refractivity (Wildman–Crippen MR) is 134 cm³/mol. The van der Waals surface area contributed by atoms with Crippen LogP contribution in [0.2, 0.25) is 0 Å². The van der Waals surface area contributed by atoms with E-state index in [1.54, 1.807) is 40.9 Å². The predicted octanol–water partition coefficient (Wildman–Crippen LogP) is 5.12. The average Bonchev–Trinajstić information content (AvgIpc) is 2.80. The Morgan fingerprint density at radius 2 is 1.85 bits per heavy atom. The molecule has 4 rings (SSSR count). The Bertz CT molecular complexity index is 1180. The van der Waals surface area contributed by atoms with Crippen LogP contribution in [0.25, 0.3) is 0 Å². The molecule has 0 spiro atoms. The van der Waals surface area contributed by atoms with Crippen molar-refractivity contribution in [2.45, 2.75) is 32.2 Å². The molecule has 0 unspecified atom stereocenters. The molecule has 7 heteroatoms. The summed E-state index contributed by atoms with van der Waals surface area (Å²) in [5, 5.41) is 6.79. The van der Waals surface area contributed by atoms with Gasteiger partial charge in [-0.05, 0) is 62.6 Å². The number of benzene rings is 2. The van der Waals surface area contributed by atoms with Gasteiger partial charge in [-0.25, -0.2) is 9.78 Å². The van der Waals surface area contributed by atoms with Crippen molar-refractivity contribution in [1.82, 2.24) is 10.3 Å². The van der Waals surface area contributed by atoms with Gasteiger partial charge in [0, 0.05) is 35.8 Å². The minimum Gasteiger partial charge on any atom is -0.352 e. The van der Waals surface area contributed by atoms with E-state index < -0.39 is 0 Å². The van der Waals surface area contributed by atoms with E-state index in [-0.39, 0.29) is 11.9 Å². The maximum Gasteiger partial charge on any atom is 0.326 e. The van der Waals surface area contributed by atoms with Crippen molar-refractivity contribution in [3.05, 3.63) is 82.5 Å². The van der Waals surface area contributed by atoms with Crippen LogP contribution in [0.3, 0.4) is 0 Å². The Balaban J connectivity index is 1.40. The number of hydrogen-bond donors (Lipinski definition) is 2. The lowest BCUT2D eigenvalue weighted by molar-refractivity contribution is 0.0954. The Morgan fingerprint density at radius 3 is 2.64 bits per heavy atom. The number of aromatic nitrogens is 1. The Labute approximate surface area is 198 Å². The number of nitrogens with zero attached hydrogens (tertiary/aromatic N) is 2. The molecule has 2 N–H and O–H groups in total. The Kier molecular flexibility index (Phi) is 6.99. The van der Waals surface area contributed by atoms with Gasteiger partial charge in [0.15, 0.2) is 0 Å². The van der Waals surface area contributed by atoms with Crippen LogP contribution < -0.4 is 15.5 Å². The zero-order valence-electron chi connectivity index (χ0n) is 19.1. The molecule has 3 amide bonds. The van der Waals surface area contributed by atoms with Crippen molar-refractivity contribution in [2.24, 2.45) is 0 Å². The molecule has 0 fully saturated rings. The molecule has 0 aliphatic carbocycles. The topological polar surface area (TPSA) is 74.3 Å². The van der Waals surface area contributed by atoms with E-state index in [0.29, 0.717) is 24.3 Å². The second-order valence-electron chi connectivity index (χ2n) is 8.24. The third-order valence-electron chi connectivity index (χ3n) is 5.54. The van der Waals surface area contributed by atoms with Crippen LogP contribution in [-0.2, 0) is 6.42 Å². The number of aryl methyl sites for hydroxylation is 3. The summed E-state index contributed by atoms with van der Waals surface area (Å²) in [7, 11) is 0. The SMILES string of the molecule is Cc1ccc(CCNC(=O)c2cccc(NC(=O)N3CCSc4nc(C)cc(C)c43)c2)cc1. The quantitative estimate of drug-likeness (QED) is 0.554.